The van der Waals surface area contributed by atoms with Gasteiger partial charge in [-0.2, -0.15) is 0 Å². The summed E-state index contributed by atoms with van der Waals surface area (Å²) in [6.07, 6.45) is 3.81. The molecule has 1 aliphatic heterocycles. The van der Waals surface area contributed by atoms with E-state index in [-0.39, 0.29) is 5.78 Å². The molecular formula is C12H18N2OS. The van der Waals surface area contributed by atoms with Gasteiger partial charge < -0.3 is 10.6 Å². The topological polar surface area (TPSA) is 41.1 Å². The quantitative estimate of drug-likeness (QED) is 0.767. The first-order valence-electron chi connectivity index (χ1n) is 5.87. The van der Waals surface area contributed by atoms with Crippen molar-refractivity contribution in [2.24, 2.45) is 0 Å². The first-order valence-corrected chi connectivity index (χ1v) is 6.75. The van der Waals surface area contributed by atoms with Gasteiger partial charge in [0.15, 0.2) is 5.78 Å². The van der Waals surface area contributed by atoms with E-state index in [0.717, 1.165) is 18.0 Å². The fourth-order valence-corrected chi connectivity index (χ4v) is 2.65. The van der Waals surface area contributed by atoms with Crippen molar-refractivity contribution in [2.75, 3.05) is 19.6 Å². The van der Waals surface area contributed by atoms with Crippen LogP contribution in [0.1, 0.15) is 28.9 Å². The number of piperidine rings is 1. The summed E-state index contributed by atoms with van der Waals surface area (Å²) in [6, 6.07) is 4.35. The summed E-state index contributed by atoms with van der Waals surface area (Å²) in [6.45, 7) is 2.47. The van der Waals surface area contributed by atoms with Gasteiger partial charge in [0.05, 0.1) is 11.4 Å². The third-order valence-electron chi connectivity index (χ3n) is 2.88. The minimum Gasteiger partial charge on any atom is -0.313 e. The Labute approximate surface area is 100 Å². The second-order valence-corrected chi connectivity index (χ2v) is 5.13. The van der Waals surface area contributed by atoms with Gasteiger partial charge in [-0.25, -0.2) is 0 Å². The maximum Gasteiger partial charge on any atom is 0.186 e. The van der Waals surface area contributed by atoms with Gasteiger partial charge >= 0.3 is 0 Å². The van der Waals surface area contributed by atoms with E-state index in [9.17, 15) is 4.79 Å². The van der Waals surface area contributed by atoms with Gasteiger partial charge in [-0.1, -0.05) is 12.5 Å². The van der Waals surface area contributed by atoms with Gasteiger partial charge in [0.25, 0.3) is 0 Å². The summed E-state index contributed by atoms with van der Waals surface area (Å²) in [5.74, 6) is 0.200. The van der Waals surface area contributed by atoms with Gasteiger partial charge in [-0.15, -0.1) is 11.3 Å². The van der Waals surface area contributed by atoms with E-state index in [0.29, 0.717) is 12.6 Å². The highest BCUT2D eigenvalue weighted by Crippen LogP contribution is 2.09. The second-order valence-electron chi connectivity index (χ2n) is 4.18. The minimum absolute atomic E-state index is 0.200. The number of ketones is 1. The van der Waals surface area contributed by atoms with Crippen LogP contribution in [0.3, 0.4) is 0 Å². The fraction of sp³-hybridized carbons (Fsp3) is 0.583. The van der Waals surface area contributed by atoms with Crippen molar-refractivity contribution in [1.29, 1.82) is 0 Å². The molecule has 1 fully saturated rings. The highest BCUT2D eigenvalue weighted by Gasteiger charge is 2.12. The largest absolute Gasteiger partial charge is 0.313 e. The van der Waals surface area contributed by atoms with Crippen LogP contribution in [-0.4, -0.2) is 31.5 Å². The van der Waals surface area contributed by atoms with Gasteiger partial charge in [0.1, 0.15) is 0 Å². The van der Waals surface area contributed by atoms with Crippen molar-refractivity contribution < 1.29 is 4.79 Å². The summed E-state index contributed by atoms with van der Waals surface area (Å²) in [5.41, 5.74) is 0. The number of carbonyl (C=O) groups excluding carboxylic acids is 1. The molecule has 2 heterocycles. The molecule has 0 bridgehead atoms. The normalized spacial score (nSPS) is 20.9. The van der Waals surface area contributed by atoms with Gasteiger partial charge in [0, 0.05) is 12.6 Å². The highest BCUT2D eigenvalue weighted by atomic mass is 32.1. The number of carbonyl (C=O) groups is 1. The summed E-state index contributed by atoms with van der Waals surface area (Å²) < 4.78 is 0. The van der Waals surface area contributed by atoms with Crippen LogP contribution in [0.5, 0.6) is 0 Å². The number of nitrogens with one attached hydrogen (secondary N) is 2. The Morgan fingerprint density at radius 1 is 1.56 bits per heavy atom. The van der Waals surface area contributed by atoms with E-state index in [1.54, 1.807) is 0 Å². The minimum atomic E-state index is 0.200. The molecule has 1 aliphatic rings. The van der Waals surface area contributed by atoms with Crippen molar-refractivity contribution in [1.82, 2.24) is 10.6 Å². The second kappa shape index (κ2) is 6.13. The number of Topliss-reactive ketones (excluding diaryl/α,β-unsaturated/α-hetero) is 1. The molecule has 16 heavy (non-hydrogen) atoms. The zero-order chi connectivity index (χ0) is 11.2. The van der Waals surface area contributed by atoms with Gasteiger partial charge in [-0.3, -0.25) is 4.79 Å². The van der Waals surface area contributed by atoms with Crippen molar-refractivity contribution >= 4 is 17.1 Å². The molecule has 0 unspecified atom stereocenters. The molecule has 0 aromatic carbocycles. The van der Waals surface area contributed by atoms with E-state index < -0.39 is 0 Å². The van der Waals surface area contributed by atoms with Crippen LogP contribution in [0.15, 0.2) is 17.5 Å². The van der Waals surface area contributed by atoms with Crippen LogP contribution >= 0.6 is 11.3 Å². The predicted molar refractivity (Wildman–Crippen MR) is 67.2 cm³/mol. The first kappa shape index (κ1) is 11.8. The summed E-state index contributed by atoms with van der Waals surface area (Å²) >= 11 is 1.51. The molecule has 1 saturated heterocycles. The zero-order valence-electron chi connectivity index (χ0n) is 9.37. The number of rotatable bonds is 5. The van der Waals surface area contributed by atoms with Gasteiger partial charge in [0.2, 0.25) is 0 Å². The lowest BCUT2D eigenvalue weighted by atomic mass is 10.1. The molecule has 1 atom stereocenters. The Bertz CT molecular complexity index is 318. The SMILES string of the molecule is O=C(CNC[C@@H]1CCCCN1)c1cccs1. The summed E-state index contributed by atoms with van der Waals surface area (Å²) in [7, 11) is 0. The van der Waals surface area contributed by atoms with E-state index in [4.69, 9.17) is 0 Å². The Hall–Kier alpha value is -0.710. The van der Waals surface area contributed by atoms with Crippen molar-refractivity contribution in [2.45, 2.75) is 25.3 Å². The first-order chi connectivity index (χ1) is 7.86. The average Bonchev–Trinajstić information content (AvgIpc) is 2.84. The van der Waals surface area contributed by atoms with Crippen LogP contribution < -0.4 is 10.6 Å². The standard InChI is InChI=1S/C12H18N2OS/c15-11(12-5-3-7-16-12)9-13-8-10-4-1-2-6-14-10/h3,5,7,10,13-14H,1-2,4,6,8-9H2/t10-/m0/s1. The Morgan fingerprint density at radius 3 is 3.19 bits per heavy atom. The molecular weight excluding hydrogens is 220 g/mol. The number of thiophene rings is 1. The maximum absolute atomic E-state index is 11.7. The molecule has 0 amide bonds. The molecule has 0 radical (unpaired) electrons. The monoisotopic (exact) mass is 238 g/mol. The van der Waals surface area contributed by atoms with E-state index in [1.807, 2.05) is 17.5 Å². The third kappa shape index (κ3) is 3.40. The molecule has 0 aliphatic carbocycles. The molecule has 4 heteroatoms. The molecule has 1 aromatic heterocycles. The Kier molecular flexibility index (Phi) is 4.51. The van der Waals surface area contributed by atoms with Gasteiger partial charge in [-0.05, 0) is 30.8 Å². The molecule has 0 spiro atoms. The summed E-state index contributed by atoms with van der Waals surface area (Å²) in [5, 5.41) is 8.63. The lowest BCUT2D eigenvalue weighted by Gasteiger charge is -2.23. The van der Waals surface area contributed by atoms with Crippen LogP contribution in [0.25, 0.3) is 0 Å². The van der Waals surface area contributed by atoms with Crippen LogP contribution in [0, 0.1) is 0 Å². The van der Waals surface area contributed by atoms with Crippen LogP contribution in [0.4, 0.5) is 0 Å². The number of hydrogen-bond acceptors (Lipinski definition) is 4. The number of hydrogen-bond donors (Lipinski definition) is 2. The molecule has 1 aromatic rings. The lowest BCUT2D eigenvalue weighted by molar-refractivity contribution is 0.0994. The Balaban J connectivity index is 1.66. The van der Waals surface area contributed by atoms with Crippen LogP contribution in [-0.2, 0) is 0 Å². The van der Waals surface area contributed by atoms with Crippen molar-refractivity contribution in [3.8, 4) is 0 Å². The lowest BCUT2D eigenvalue weighted by Crippen LogP contribution is -2.42. The Morgan fingerprint density at radius 2 is 2.50 bits per heavy atom. The molecule has 2 N–H and O–H groups in total. The maximum atomic E-state index is 11.7. The fourth-order valence-electron chi connectivity index (χ4n) is 1.98. The van der Waals surface area contributed by atoms with E-state index in [1.165, 1.54) is 30.6 Å². The highest BCUT2D eigenvalue weighted by molar-refractivity contribution is 7.12. The van der Waals surface area contributed by atoms with E-state index in [2.05, 4.69) is 10.6 Å². The predicted octanol–water partition coefficient (Wildman–Crippen LogP) is 1.66. The molecule has 0 saturated carbocycles. The zero-order valence-corrected chi connectivity index (χ0v) is 10.2. The summed E-state index contributed by atoms with van der Waals surface area (Å²) in [4.78, 5) is 12.5. The molecule has 3 nitrogen and oxygen atoms in total. The van der Waals surface area contributed by atoms with Crippen LogP contribution in [0.2, 0.25) is 0 Å². The van der Waals surface area contributed by atoms with Crippen molar-refractivity contribution in [3.63, 3.8) is 0 Å². The van der Waals surface area contributed by atoms with E-state index >= 15 is 0 Å². The van der Waals surface area contributed by atoms with Crippen molar-refractivity contribution in [3.05, 3.63) is 22.4 Å². The molecule has 2 rings (SSSR count). The molecule has 88 valence electrons. The smallest absolute Gasteiger partial charge is 0.186 e. The average molecular weight is 238 g/mol. The third-order valence-corrected chi connectivity index (χ3v) is 3.80.